The van der Waals surface area contributed by atoms with Crippen molar-refractivity contribution >= 4 is 33.9 Å². The normalized spacial score (nSPS) is 17.2. The lowest BCUT2D eigenvalue weighted by atomic mass is 10.2. The largest absolute Gasteiger partial charge is 0.454 e. The minimum atomic E-state index is -0.300. The number of rotatable bonds is 5. The minimum Gasteiger partial charge on any atom is -0.454 e. The number of carbonyl (C=O) groups is 1. The van der Waals surface area contributed by atoms with Gasteiger partial charge in [-0.25, -0.2) is 9.97 Å². The summed E-state index contributed by atoms with van der Waals surface area (Å²) in [5.41, 5.74) is 10.3. The molecule has 0 saturated carbocycles. The fourth-order valence-corrected chi connectivity index (χ4v) is 4.44. The van der Waals surface area contributed by atoms with E-state index < -0.39 is 0 Å². The van der Waals surface area contributed by atoms with Gasteiger partial charge in [0.2, 0.25) is 6.79 Å². The van der Waals surface area contributed by atoms with Crippen molar-refractivity contribution in [3.63, 3.8) is 0 Å². The zero-order valence-corrected chi connectivity index (χ0v) is 17.9. The van der Waals surface area contributed by atoms with Crippen LogP contribution in [0.4, 0.5) is 5.82 Å². The van der Waals surface area contributed by atoms with Crippen LogP contribution in [-0.2, 0) is 17.8 Å². The maximum Gasteiger partial charge on any atom is 0.257 e. The standard InChI is InChI=1S/C24H23N5O4/c25-22-20(24(30)26-11-14-7-8-18-19(10-14)33-13-32-18)21-23(29(22)12-15-4-3-9-31-15)28-17-6-2-1-5-16(17)27-21/h1-2,5-8,10,15H,3-4,9,11-13,25H2,(H,26,30). The predicted molar refractivity (Wildman–Crippen MR) is 122 cm³/mol. The maximum atomic E-state index is 13.3. The van der Waals surface area contributed by atoms with Gasteiger partial charge in [-0.1, -0.05) is 18.2 Å². The lowest BCUT2D eigenvalue weighted by Gasteiger charge is -2.13. The number of aromatic nitrogens is 3. The average Bonchev–Trinajstić information content (AvgIpc) is 3.57. The monoisotopic (exact) mass is 445 g/mol. The summed E-state index contributed by atoms with van der Waals surface area (Å²) in [5, 5.41) is 2.97. The molecule has 1 atom stereocenters. The van der Waals surface area contributed by atoms with E-state index in [9.17, 15) is 4.79 Å². The summed E-state index contributed by atoms with van der Waals surface area (Å²) in [5.74, 6) is 1.42. The molecule has 2 aromatic heterocycles. The molecule has 4 aromatic rings. The molecule has 168 valence electrons. The van der Waals surface area contributed by atoms with E-state index in [1.165, 1.54) is 0 Å². The number of nitrogens with two attached hydrogens (primary N) is 1. The molecule has 6 rings (SSSR count). The fourth-order valence-electron chi connectivity index (χ4n) is 4.44. The molecule has 2 aliphatic rings. The van der Waals surface area contributed by atoms with Gasteiger partial charge >= 0.3 is 0 Å². The Morgan fingerprint density at radius 3 is 2.76 bits per heavy atom. The van der Waals surface area contributed by atoms with Crippen molar-refractivity contribution in [3.05, 3.63) is 53.6 Å². The van der Waals surface area contributed by atoms with Crippen LogP contribution in [0.25, 0.3) is 22.2 Å². The first-order valence-electron chi connectivity index (χ1n) is 11.0. The second-order valence-electron chi connectivity index (χ2n) is 8.26. The van der Waals surface area contributed by atoms with Gasteiger partial charge in [0.25, 0.3) is 5.91 Å². The summed E-state index contributed by atoms with van der Waals surface area (Å²) >= 11 is 0. The summed E-state index contributed by atoms with van der Waals surface area (Å²) in [6.45, 7) is 1.79. The van der Waals surface area contributed by atoms with E-state index in [0.29, 0.717) is 52.7 Å². The van der Waals surface area contributed by atoms with Gasteiger partial charge in [0, 0.05) is 13.2 Å². The lowest BCUT2D eigenvalue weighted by molar-refractivity contribution is 0.0947. The molecule has 33 heavy (non-hydrogen) atoms. The van der Waals surface area contributed by atoms with Crippen molar-refractivity contribution in [3.8, 4) is 11.5 Å². The van der Waals surface area contributed by atoms with Gasteiger partial charge in [-0.3, -0.25) is 4.79 Å². The minimum absolute atomic E-state index is 0.0423. The third-order valence-electron chi connectivity index (χ3n) is 6.12. The Balaban J connectivity index is 1.36. The molecule has 0 spiro atoms. The van der Waals surface area contributed by atoms with Gasteiger partial charge < -0.3 is 29.8 Å². The number of nitrogens with zero attached hydrogens (tertiary/aromatic N) is 3. The second kappa shape index (κ2) is 7.93. The highest BCUT2D eigenvalue weighted by molar-refractivity contribution is 6.10. The van der Waals surface area contributed by atoms with Gasteiger partial charge in [-0.15, -0.1) is 0 Å². The third-order valence-corrected chi connectivity index (χ3v) is 6.12. The van der Waals surface area contributed by atoms with Gasteiger partial charge in [0.05, 0.1) is 23.7 Å². The zero-order chi connectivity index (χ0) is 22.4. The van der Waals surface area contributed by atoms with Crippen LogP contribution in [-0.4, -0.2) is 39.9 Å². The quantitative estimate of drug-likeness (QED) is 0.485. The summed E-state index contributed by atoms with van der Waals surface area (Å²) in [4.78, 5) is 22.9. The molecule has 1 saturated heterocycles. The average molecular weight is 445 g/mol. The predicted octanol–water partition coefficient (Wildman–Crippen LogP) is 3.00. The summed E-state index contributed by atoms with van der Waals surface area (Å²) in [6, 6.07) is 13.2. The smallest absolute Gasteiger partial charge is 0.257 e. The molecule has 9 nitrogen and oxygen atoms in total. The Morgan fingerprint density at radius 2 is 1.94 bits per heavy atom. The van der Waals surface area contributed by atoms with Crippen LogP contribution in [0, 0.1) is 0 Å². The summed E-state index contributed by atoms with van der Waals surface area (Å²) < 4.78 is 18.5. The van der Waals surface area contributed by atoms with Crippen LogP contribution in [0.3, 0.4) is 0 Å². The highest BCUT2D eigenvalue weighted by Gasteiger charge is 2.26. The van der Waals surface area contributed by atoms with Crippen LogP contribution in [0.2, 0.25) is 0 Å². The molecule has 0 radical (unpaired) electrons. The first-order valence-corrected chi connectivity index (χ1v) is 11.0. The molecule has 9 heteroatoms. The van der Waals surface area contributed by atoms with E-state index in [2.05, 4.69) is 5.32 Å². The summed E-state index contributed by atoms with van der Waals surface area (Å²) in [6.07, 6.45) is 2.01. The third kappa shape index (κ3) is 3.50. The van der Waals surface area contributed by atoms with Crippen molar-refractivity contribution in [1.29, 1.82) is 0 Å². The van der Waals surface area contributed by atoms with Gasteiger partial charge in [-0.05, 0) is 42.7 Å². The molecule has 1 amide bonds. The Kier molecular flexibility index (Phi) is 4.76. The molecule has 2 aliphatic heterocycles. The number of nitrogens with one attached hydrogen (secondary N) is 1. The highest BCUT2D eigenvalue weighted by atomic mass is 16.7. The first-order chi connectivity index (χ1) is 16.2. The molecular weight excluding hydrogens is 422 g/mol. The van der Waals surface area contributed by atoms with Gasteiger partial charge in [0.15, 0.2) is 17.1 Å². The number of hydrogen-bond acceptors (Lipinski definition) is 7. The summed E-state index contributed by atoms with van der Waals surface area (Å²) in [7, 11) is 0. The van der Waals surface area contributed by atoms with Crippen LogP contribution in [0.1, 0.15) is 28.8 Å². The van der Waals surface area contributed by atoms with E-state index >= 15 is 0 Å². The first kappa shape index (κ1) is 19.8. The molecule has 0 bridgehead atoms. The van der Waals surface area contributed by atoms with E-state index in [0.717, 1.165) is 30.5 Å². The fraction of sp³-hybridized carbons (Fsp3) is 0.292. The molecule has 4 heterocycles. The number of fused-ring (bicyclic) bond motifs is 3. The van der Waals surface area contributed by atoms with E-state index in [1.807, 2.05) is 47.0 Å². The molecular formula is C24H23N5O4. The molecule has 0 aliphatic carbocycles. The van der Waals surface area contributed by atoms with Crippen molar-refractivity contribution < 1.29 is 19.0 Å². The Hall–Kier alpha value is -3.85. The highest BCUT2D eigenvalue weighted by Crippen LogP contribution is 2.33. The number of carbonyl (C=O) groups excluding carboxylic acids is 1. The van der Waals surface area contributed by atoms with E-state index in [1.54, 1.807) is 0 Å². The van der Waals surface area contributed by atoms with Crippen LogP contribution < -0.4 is 20.5 Å². The molecule has 3 N–H and O–H groups in total. The van der Waals surface area contributed by atoms with Gasteiger partial charge in [-0.2, -0.15) is 0 Å². The van der Waals surface area contributed by atoms with E-state index in [-0.39, 0.29) is 18.8 Å². The molecule has 1 unspecified atom stereocenters. The van der Waals surface area contributed by atoms with Crippen molar-refractivity contribution in [2.75, 3.05) is 19.1 Å². The molecule has 2 aromatic carbocycles. The zero-order valence-electron chi connectivity index (χ0n) is 17.9. The Morgan fingerprint density at radius 1 is 1.12 bits per heavy atom. The molecule has 1 fully saturated rings. The van der Waals surface area contributed by atoms with Crippen LogP contribution in [0.5, 0.6) is 11.5 Å². The number of anilines is 1. The van der Waals surface area contributed by atoms with Crippen molar-refractivity contribution in [2.45, 2.75) is 32.0 Å². The number of para-hydroxylation sites is 2. The Bertz CT molecular complexity index is 1380. The van der Waals surface area contributed by atoms with E-state index in [4.69, 9.17) is 29.9 Å². The van der Waals surface area contributed by atoms with Gasteiger partial charge in [0.1, 0.15) is 16.9 Å². The maximum absolute atomic E-state index is 13.3. The SMILES string of the molecule is Nc1c(C(=O)NCc2ccc3c(c2)OCO3)c2nc3ccccc3nc2n1CC1CCCO1. The van der Waals surface area contributed by atoms with Crippen LogP contribution >= 0.6 is 0 Å². The Labute approximate surface area is 189 Å². The number of amides is 1. The number of nitrogen functional groups attached to an aromatic ring is 1. The van der Waals surface area contributed by atoms with Crippen molar-refractivity contribution in [2.24, 2.45) is 0 Å². The topological polar surface area (TPSA) is 114 Å². The number of hydrogen-bond donors (Lipinski definition) is 2. The van der Waals surface area contributed by atoms with Crippen LogP contribution in [0.15, 0.2) is 42.5 Å². The number of benzene rings is 2. The number of ether oxygens (including phenoxy) is 3. The lowest BCUT2D eigenvalue weighted by Crippen LogP contribution is -2.24. The van der Waals surface area contributed by atoms with Crippen molar-refractivity contribution in [1.82, 2.24) is 19.9 Å². The second-order valence-corrected chi connectivity index (χ2v) is 8.26.